The first-order valence-electron chi connectivity index (χ1n) is 5.30. The quantitative estimate of drug-likeness (QED) is 0.724. The maximum absolute atomic E-state index is 11.1. The van der Waals surface area contributed by atoms with E-state index in [2.05, 4.69) is 15.0 Å². The molecule has 0 amide bonds. The van der Waals surface area contributed by atoms with Crippen LogP contribution in [-0.2, 0) is 4.79 Å². The maximum Gasteiger partial charge on any atom is 0.165 e. The van der Waals surface area contributed by atoms with Crippen LogP contribution in [0.3, 0.4) is 0 Å². The Bertz CT molecular complexity index is 619. The molecular weight excluding hydrogens is 240 g/mol. The molecule has 0 aromatic carbocycles. The van der Waals surface area contributed by atoms with Gasteiger partial charge in [-0.15, -0.1) is 0 Å². The number of fused-ring (bicyclic) bond motifs is 1. The predicted molar refractivity (Wildman–Crippen MR) is 62.8 cm³/mol. The second-order valence-electron chi connectivity index (χ2n) is 3.92. The number of carbonyl (C=O) groups excluding carboxylic acids is 1. The van der Waals surface area contributed by atoms with Crippen LogP contribution in [0.1, 0.15) is 18.9 Å². The fraction of sp³-hybridized carbons (Fsp3) is 0.273. The van der Waals surface area contributed by atoms with E-state index in [4.69, 9.17) is 11.6 Å². The van der Waals surface area contributed by atoms with E-state index < -0.39 is 0 Å². The summed E-state index contributed by atoms with van der Waals surface area (Å²) in [6, 6.07) is 0.115. The third kappa shape index (κ3) is 1.72. The fourth-order valence-corrected chi connectivity index (χ4v) is 2.16. The van der Waals surface area contributed by atoms with Gasteiger partial charge in [0.05, 0.1) is 12.4 Å². The molecule has 5 nitrogen and oxygen atoms in total. The van der Waals surface area contributed by atoms with Crippen LogP contribution in [0.5, 0.6) is 0 Å². The van der Waals surface area contributed by atoms with Gasteiger partial charge >= 0.3 is 0 Å². The van der Waals surface area contributed by atoms with Gasteiger partial charge in [0.25, 0.3) is 0 Å². The SMILES string of the molecule is O=C1C=C[C@@H](n2cnc3c(Cl)ncnc32)CC1. The Labute approximate surface area is 102 Å². The van der Waals surface area contributed by atoms with Crippen molar-refractivity contribution in [3.8, 4) is 0 Å². The average molecular weight is 249 g/mol. The van der Waals surface area contributed by atoms with E-state index in [1.165, 1.54) is 6.33 Å². The lowest BCUT2D eigenvalue weighted by Gasteiger charge is -2.17. The highest BCUT2D eigenvalue weighted by molar-refractivity contribution is 6.33. The number of carbonyl (C=O) groups is 1. The van der Waals surface area contributed by atoms with E-state index in [0.29, 0.717) is 22.7 Å². The number of hydrogen-bond acceptors (Lipinski definition) is 4. The van der Waals surface area contributed by atoms with Crippen molar-refractivity contribution in [3.05, 3.63) is 30.0 Å². The first-order chi connectivity index (χ1) is 8.25. The predicted octanol–water partition coefficient (Wildman–Crippen LogP) is 1.94. The molecule has 0 bridgehead atoms. The largest absolute Gasteiger partial charge is 0.308 e. The highest BCUT2D eigenvalue weighted by atomic mass is 35.5. The zero-order chi connectivity index (χ0) is 11.8. The van der Waals surface area contributed by atoms with Gasteiger partial charge in [-0.3, -0.25) is 4.79 Å². The summed E-state index contributed by atoms with van der Waals surface area (Å²) in [6.07, 6.45) is 7.92. The average Bonchev–Trinajstić information content (AvgIpc) is 2.75. The second-order valence-corrected chi connectivity index (χ2v) is 4.28. The van der Waals surface area contributed by atoms with E-state index in [-0.39, 0.29) is 11.8 Å². The highest BCUT2D eigenvalue weighted by Gasteiger charge is 2.18. The Morgan fingerprint density at radius 1 is 1.35 bits per heavy atom. The fourth-order valence-electron chi connectivity index (χ4n) is 1.99. The Morgan fingerprint density at radius 2 is 2.24 bits per heavy atom. The molecule has 0 fully saturated rings. The van der Waals surface area contributed by atoms with Gasteiger partial charge in [-0.2, -0.15) is 0 Å². The number of rotatable bonds is 1. The Balaban J connectivity index is 2.09. The van der Waals surface area contributed by atoms with E-state index in [9.17, 15) is 4.79 Å². The van der Waals surface area contributed by atoms with Gasteiger partial charge < -0.3 is 4.57 Å². The molecule has 1 atom stereocenters. The van der Waals surface area contributed by atoms with E-state index in [0.717, 1.165) is 6.42 Å². The van der Waals surface area contributed by atoms with E-state index >= 15 is 0 Å². The summed E-state index contributed by atoms with van der Waals surface area (Å²) in [4.78, 5) is 23.4. The van der Waals surface area contributed by atoms with Crippen molar-refractivity contribution >= 4 is 28.5 Å². The molecule has 1 aliphatic rings. The third-order valence-electron chi connectivity index (χ3n) is 2.86. The van der Waals surface area contributed by atoms with Crippen LogP contribution in [0.2, 0.25) is 5.15 Å². The van der Waals surface area contributed by atoms with Crippen LogP contribution in [0.25, 0.3) is 11.2 Å². The molecule has 1 aliphatic carbocycles. The van der Waals surface area contributed by atoms with Crippen molar-refractivity contribution < 1.29 is 4.79 Å². The molecule has 17 heavy (non-hydrogen) atoms. The van der Waals surface area contributed by atoms with Gasteiger partial charge in [-0.1, -0.05) is 17.7 Å². The number of nitrogens with zero attached hydrogens (tertiary/aromatic N) is 4. The summed E-state index contributed by atoms with van der Waals surface area (Å²) in [7, 11) is 0. The molecule has 2 aromatic rings. The topological polar surface area (TPSA) is 60.7 Å². The van der Waals surface area contributed by atoms with Gasteiger partial charge in [0, 0.05) is 6.42 Å². The summed E-state index contributed by atoms with van der Waals surface area (Å²) in [6.45, 7) is 0. The van der Waals surface area contributed by atoms with Gasteiger partial charge in [-0.05, 0) is 12.5 Å². The lowest BCUT2D eigenvalue weighted by molar-refractivity contribution is -0.115. The second kappa shape index (κ2) is 3.92. The smallest absolute Gasteiger partial charge is 0.165 e. The molecule has 2 heterocycles. The first kappa shape index (κ1) is 10.4. The van der Waals surface area contributed by atoms with Crippen LogP contribution >= 0.6 is 11.6 Å². The molecule has 0 radical (unpaired) electrons. The van der Waals surface area contributed by atoms with E-state index in [1.54, 1.807) is 12.4 Å². The first-order valence-corrected chi connectivity index (χ1v) is 5.67. The zero-order valence-corrected chi connectivity index (χ0v) is 9.63. The number of allylic oxidation sites excluding steroid dienone is 2. The van der Waals surface area contributed by atoms with Crippen molar-refractivity contribution in [3.63, 3.8) is 0 Å². The summed E-state index contributed by atoms with van der Waals surface area (Å²) in [5, 5.41) is 0.351. The molecule has 2 aromatic heterocycles. The number of aromatic nitrogens is 4. The molecule has 0 saturated heterocycles. The summed E-state index contributed by atoms with van der Waals surface area (Å²) >= 11 is 5.93. The Hall–Kier alpha value is -1.75. The number of hydrogen-bond donors (Lipinski definition) is 0. The van der Waals surface area contributed by atoms with Gasteiger partial charge in [0.1, 0.15) is 11.8 Å². The van der Waals surface area contributed by atoms with Crippen molar-refractivity contribution in [1.29, 1.82) is 0 Å². The van der Waals surface area contributed by atoms with Gasteiger partial charge in [0.15, 0.2) is 16.6 Å². The molecular formula is C11H9ClN4O. The van der Waals surface area contributed by atoms with Crippen molar-refractivity contribution in [1.82, 2.24) is 19.5 Å². The summed E-state index contributed by atoms with van der Waals surface area (Å²) in [5.74, 6) is 0.165. The van der Waals surface area contributed by atoms with Crippen LogP contribution in [0.4, 0.5) is 0 Å². The molecule has 0 N–H and O–H groups in total. The summed E-state index contributed by atoms with van der Waals surface area (Å²) < 4.78 is 1.92. The van der Waals surface area contributed by atoms with Gasteiger partial charge in [0.2, 0.25) is 0 Å². The van der Waals surface area contributed by atoms with Crippen molar-refractivity contribution in [2.24, 2.45) is 0 Å². The third-order valence-corrected chi connectivity index (χ3v) is 3.14. The maximum atomic E-state index is 11.1. The summed E-state index contributed by atoms with van der Waals surface area (Å²) in [5.41, 5.74) is 1.30. The lowest BCUT2D eigenvalue weighted by Crippen LogP contribution is -2.12. The minimum absolute atomic E-state index is 0.115. The molecule has 0 unspecified atom stereocenters. The Kier molecular flexibility index (Phi) is 2.40. The number of ketones is 1. The normalized spacial score (nSPS) is 20.1. The molecule has 0 saturated carbocycles. The van der Waals surface area contributed by atoms with Crippen LogP contribution in [0.15, 0.2) is 24.8 Å². The van der Waals surface area contributed by atoms with Gasteiger partial charge in [-0.25, -0.2) is 15.0 Å². The standard InChI is InChI=1S/C11H9ClN4O/c12-10-9-11(14-5-13-10)16(6-15-9)7-1-3-8(17)4-2-7/h1,3,5-7H,2,4H2/t7-/m1/s1. The highest BCUT2D eigenvalue weighted by Crippen LogP contribution is 2.25. The van der Waals surface area contributed by atoms with E-state index in [1.807, 2.05) is 10.6 Å². The molecule has 3 rings (SSSR count). The monoisotopic (exact) mass is 248 g/mol. The molecule has 6 heteroatoms. The van der Waals surface area contributed by atoms with Crippen LogP contribution < -0.4 is 0 Å². The Morgan fingerprint density at radius 3 is 3.00 bits per heavy atom. The molecule has 86 valence electrons. The van der Waals surface area contributed by atoms with Crippen molar-refractivity contribution in [2.45, 2.75) is 18.9 Å². The molecule has 0 spiro atoms. The lowest BCUT2D eigenvalue weighted by atomic mass is 10.0. The zero-order valence-electron chi connectivity index (χ0n) is 8.88. The molecule has 0 aliphatic heterocycles. The number of imidazole rings is 1. The number of halogens is 1. The van der Waals surface area contributed by atoms with Crippen LogP contribution in [-0.4, -0.2) is 25.3 Å². The van der Waals surface area contributed by atoms with Crippen LogP contribution in [0, 0.1) is 0 Å². The van der Waals surface area contributed by atoms with Crippen molar-refractivity contribution in [2.75, 3.05) is 0 Å². The minimum Gasteiger partial charge on any atom is -0.308 e. The minimum atomic E-state index is 0.115.